The number of hydrogen-bond donors (Lipinski definition) is 2. The average Bonchev–Trinajstić information content (AvgIpc) is 2.82. The van der Waals surface area contributed by atoms with Crippen molar-refractivity contribution in [1.29, 1.82) is 0 Å². The first-order valence-corrected chi connectivity index (χ1v) is 10.3. The van der Waals surface area contributed by atoms with Gasteiger partial charge in [0.25, 0.3) is 0 Å². The average molecular weight is 488 g/mol. The Hall–Kier alpha value is -4.08. The van der Waals surface area contributed by atoms with Gasteiger partial charge in [0.1, 0.15) is 5.82 Å². The molecule has 0 saturated heterocycles. The number of nitrogen functional groups attached to an aromatic ring is 1. The summed E-state index contributed by atoms with van der Waals surface area (Å²) in [7, 11) is 0. The molecule has 3 N–H and O–H groups in total. The minimum atomic E-state index is -4.75. The van der Waals surface area contributed by atoms with Crippen molar-refractivity contribution in [1.82, 2.24) is 9.97 Å². The second kappa shape index (κ2) is 9.28. The molecular weight excluding hydrogens is 470 g/mol. The molecule has 35 heavy (non-hydrogen) atoms. The maximum absolute atomic E-state index is 13.7. The van der Waals surface area contributed by atoms with Gasteiger partial charge in [-0.05, 0) is 35.9 Å². The highest BCUT2D eigenvalue weighted by Gasteiger charge is 2.35. The highest BCUT2D eigenvalue weighted by molar-refractivity contribution is 5.79. The van der Waals surface area contributed by atoms with Gasteiger partial charge in [0.15, 0.2) is 0 Å². The van der Waals surface area contributed by atoms with E-state index in [-0.39, 0.29) is 17.0 Å². The number of nitrogens with zero attached hydrogens (tertiary/aromatic N) is 2. The Kier molecular flexibility index (Phi) is 6.38. The molecule has 2 aromatic carbocycles. The number of nitrogens with two attached hydrogens (primary N) is 1. The van der Waals surface area contributed by atoms with E-state index in [0.717, 1.165) is 30.0 Å². The van der Waals surface area contributed by atoms with Gasteiger partial charge in [-0.1, -0.05) is 42.5 Å². The molecular formula is C25H18F6N4. The Morgan fingerprint density at radius 2 is 1.49 bits per heavy atom. The maximum atomic E-state index is 13.7. The van der Waals surface area contributed by atoms with E-state index in [9.17, 15) is 26.3 Å². The standard InChI is InChI=1S/C25H18F6N4/c26-24(27,28)17-8-4-7-16(11-17)20-12-18(34-14-15-5-2-1-3-6-15)13-21(35-20)22-19(25(29,30)31)9-10-33-23(22)32/h1-13H,14H2,(H2,32,33)(H,34,35). The number of halogens is 6. The van der Waals surface area contributed by atoms with E-state index in [4.69, 9.17) is 5.73 Å². The number of nitrogens with one attached hydrogen (secondary N) is 1. The fourth-order valence-corrected chi connectivity index (χ4v) is 3.55. The summed E-state index contributed by atoms with van der Waals surface area (Å²) in [4.78, 5) is 8.03. The Balaban J connectivity index is 1.87. The summed E-state index contributed by atoms with van der Waals surface area (Å²) in [5.74, 6) is -0.400. The number of anilines is 2. The van der Waals surface area contributed by atoms with Gasteiger partial charge in [-0.15, -0.1) is 0 Å². The van der Waals surface area contributed by atoms with Crippen molar-refractivity contribution >= 4 is 11.5 Å². The van der Waals surface area contributed by atoms with Gasteiger partial charge in [0.05, 0.1) is 28.1 Å². The zero-order valence-corrected chi connectivity index (χ0v) is 18.0. The van der Waals surface area contributed by atoms with E-state index in [0.29, 0.717) is 12.2 Å². The molecule has 0 bridgehead atoms. The third kappa shape index (κ3) is 5.53. The number of benzene rings is 2. The molecule has 4 aromatic rings. The molecule has 0 saturated carbocycles. The predicted molar refractivity (Wildman–Crippen MR) is 121 cm³/mol. The highest BCUT2D eigenvalue weighted by Crippen LogP contribution is 2.40. The van der Waals surface area contributed by atoms with Crippen molar-refractivity contribution in [3.63, 3.8) is 0 Å². The van der Waals surface area contributed by atoms with Crippen LogP contribution in [0, 0.1) is 0 Å². The summed E-state index contributed by atoms with van der Waals surface area (Å²) in [6.45, 7) is 0.320. The first-order valence-electron chi connectivity index (χ1n) is 10.3. The second-order valence-corrected chi connectivity index (χ2v) is 7.66. The molecule has 2 heterocycles. The van der Waals surface area contributed by atoms with Crippen LogP contribution in [-0.4, -0.2) is 9.97 Å². The van der Waals surface area contributed by atoms with Gasteiger partial charge in [0, 0.05) is 24.0 Å². The van der Waals surface area contributed by atoms with E-state index in [1.807, 2.05) is 30.3 Å². The fraction of sp³-hybridized carbons (Fsp3) is 0.120. The normalized spacial score (nSPS) is 11.9. The lowest BCUT2D eigenvalue weighted by Crippen LogP contribution is -2.11. The van der Waals surface area contributed by atoms with Crippen molar-refractivity contribution in [3.8, 4) is 22.5 Å². The summed E-state index contributed by atoms with van der Waals surface area (Å²) in [5, 5.41) is 3.10. The molecule has 0 fully saturated rings. The van der Waals surface area contributed by atoms with Crippen LogP contribution < -0.4 is 11.1 Å². The van der Waals surface area contributed by atoms with Crippen LogP contribution in [-0.2, 0) is 18.9 Å². The number of rotatable bonds is 5. The molecule has 0 aliphatic rings. The van der Waals surface area contributed by atoms with Gasteiger partial charge in [-0.2, -0.15) is 26.3 Å². The third-order valence-corrected chi connectivity index (χ3v) is 5.19. The molecule has 0 atom stereocenters. The summed E-state index contributed by atoms with van der Waals surface area (Å²) in [6.07, 6.45) is -8.41. The van der Waals surface area contributed by atoms with Crippen LogP contribution in [0.3, 0.4) is 0 Å². The summed E-state index contributed by atoms with van der Waals surface area (Å²) < 4.78 is 81.0. The van der Waals surface area contributed by atoms with Crippen LogP contribution in [0.25, 0.3) is 22.5 Å². The van der Waals surface area contributed by atoms with Crippen LogP contribution >= 0.6 is 0 Å². The third-order valence-electron chi connectivity index (χ3n) is 5.19. The van der Waals surface area contributed by atoms with Crippen LogP contribution in [0.2, 0.25) is 0 Å². The Morgan fingerprint density at radius 1 is 0.771 bits per heavy atom. The minimum Gasteiger partial charge on any atom is -0.383 e. The molecule has 0 aliphatic carbocycles. The largest absolute Gasteiger partial charge is 0.417 e. The topological polar surface area (TPSA) is 63.8 Å². The Labute approximate surface area is 196 Å². The Bertz CT molecular complexity index is 1330. The van der Waals surface area contributed by atoms with Gasteiger partial charge >= 0.3 is 12.4 Å². The Morgan fingerprint density at radius 3 is 2.17 bits per heavy atom. The van der Waals surface area contributed by atoms with Crippen LogP contribution in [0.5, 0.6) is 0 Å². The monoisotopic (exact) mass is 488 g/mol. The summed E-state index contributed by atoms with van der Waals surface area (Å²) in [5.41, 5.74) is 4.61. The number of hydrogen-bond acceptors (Lipinski definition) is 4. The molecule has 4 rings (SSSR count). The van der Waals surface area contributed by atoms with Crippen LogP contribution in [0.1, 0.15) is 16.7 Å². The van der Waals surface area contributed by atoms with E-state index in [2.05, 4.69) is 15.3 Å². The lowest BCUT2D eigenvalue weighted by Gasteiger charge is -2.17. The lowest BCUT2D eigenvalue weighted by molar-refractivity contribution is -0.138. The van der Waals surface area contributed by atoms with Crippen molar-refractivity contribution in [2.75, 3.05) is 11.1 Å². The van der Waals surface area contributed by atoms with Crippen LogP contribution in [0.15, 0.2) is 79.0 Å². The van der Waals surface area contributed by atoms with E-state index in [1.165, 1.54) is 24.3 Å². The molecule has 0 unspecified atom stereocenters. The van der Waals surface area contributed by atoms with Crippen LogP contribution in [0.4, 0.5) is 37.8 Å². The SMILES string of the molecule is Nc1nccc(C(F)(F)F)c1-c1cc(NCc2ccccc2)cc(-c2cccc(C(F)(F)F)c2)n1. The predicted octanol–water partition coefficient (Wildman–Crippen LogP) is 7.04. The van der Waals surface area contributed by atoms with Gasteiger partial charge in [-0.25, -0.2) is 9.97 Å². The first kappa shape index (κ1) is 24.1. The van der Waals surface area contributed by atoms with Crippen molar-refractivity contribution in [2.24, 2.45) is 0 Å². The molecule has 0 aliphatic heterocycles. The molecule has 0 spiro atoms. The zero-order valence-electron chi connectivity index (χ0n) is 18.0. The molecule has 2 aromatic heterocycles. The minimum absolute atomic E-state index is 0.0422. The summed E-state index contributed by atoms with van der Waals surface area (Å²) in [6, 6.07) is 17.2. The van der Waals surface area contributed by atoms with Gasteiger partial charge in [-0.3, -0.25) is 0 Å². The van der Waals surface area contributed by atoms with Crippen molar-refractivity contribution in [3.05, 3.63) is 95.7 Å². The molecule has 10 heteroatoms. The summed E-state index contributed by atoms with van der Waals surface area (Å²) >= 11 is 0. The maximum Gasteiger partial charge on any atom is 0.417 e. The van der Waals surface area contributed by atoms with E-state index in [1.54, 1.807) is 0 Å². The fourth-order valence-electron chi connectivity index (χ4n) is 3.55. The number of pyridine rings is 2. The number of aromatic nitrogens is 2. The lowest BCUT2D eigenvalue weighted by atomic mass is 10.0. The van der Waals surface area contributed by atoms with Crippen molar-refractivity contribution in [2.45, 2.75) is 18.9 Å². The van der Waals surface area contributed by atoms with E-state index < -0.39 is 34.9 Å². The van der Waals surface area contributed by atoms with E-state index >= 15 is 0 Å². The number of alkyl halides is 6. The van der Waals surface area contributed by atoms with Gasteiger partial charge in [0.2, 0.25) is 0 Å². The molecule has 4 nitrogen and oxygen atoms in total. The highest BCUT2D eigenvalue weighted by atomic mass is 19.4. The molecule has 0 radical (unpaired) electrons. The first-order chi connectivity index (χ1) is 16.5. The molecule has 0 amide bonds. The van der Waals surface area contributed by atoms with Gasteiger partial charge < -0.3 is 11.1 Å². The smallest absolute Gasteiger partial charge is 0.383 e. The second-order valence-electron chi connectivity index (χ2n) is 7.66. The zero-order chi connectivity index (χ0) is 25.2. The quantitative estimate of drug-likeness (QED) is 0.296. The van der Waals surface area contributed by atoms with Crippen molar-refractivity contribution < 1.29 is 26.3 Å². The molecule has 180 valence electrons.